The third-order valence-corrected chi connectivity index (χ3v) is 9.77. The minimum atomic E-state index is -0.851. The number of aromatic nitrogens is 1. The molecule has 0 aliphatic carbocycles. The molecule has 2 aliphatic heterocycles. The molecule has 6 rings (SSSR count). The van der Waals surface area contributed by atoms with E-state index in [0.29, 0.717) is 15.6 Å². The molecule has 1 saturated heterocycles. The van der Waals surface area contributed by atoms with Gasteiger partial charge in [-0.2, -0.15) is 0 Å². The summed E-state index contributed by atoms with van der Waals surface area (Å²) in [4.78, 5) is 65.7. The lowest BCUT2D eigenvalue weighted by Gasteiger charge is -2.30. The molecule has 0 spiro atoms. The highest BCUT2D eigenvalue weighted by Crippen LogP contribution is 2.53. The average molecular weight is 587 g/mol. The van der Waals surface area contributed by atoms with Gasteiger partial charge in [0, 0.05) is 28.6 Å². The molecule has 0 saturated carbocycles. The molecule has 3 heterocycles. The van der Waals surface area contributed by atoms with E-state index in [1.165, 1.54) is 28.8 Å². The molecule has 1 fully saturated rings. The van der Waals surface area contributed by atoms with Crippen molar-refractivity contribution in [3.8, 4) is 0 Å². The van der Waals surface area contributed by atoms with Gasteiger partial charge in [-0.05, 0) is 36.8 Å². The monoisotopic (exact) mass is 586 g/mol. The largest absolute Gasteiger partial charge is 0.325 e. The van der Waals surface area contributed by atoms with Crippen LogP contribution in [0.4, 0.5) is 17.1 Å². The van der Waals surface area contributed by atoms with Crippen LogP contribution in [-0.4, -0.2) is 32.5 Å². The first-order valence-corrected chi connectivity index (χ1v) is 14.4. The van der Waals surface area contributed by atoms with Gasteiger partial charge in [0.15, 0.2) is 0 Å². The number of amides is 3. The zero-order valence-corrected chi connectivity index (χ0v) is 23.2. The first kappa shape index (κ1) is 26.7. The predicted octanol–water partition coefficient (Wildman–Crippen LogP) is 4.56. The van der Waals surface area contributed by atoms with E-state index < -0.39 is 39.7 Å². The molecule has 2 aliphatic rings. The van der Waals surface area contributed by atoms with E-state index in [1.807, 2.05) is 49.4 Å². The number of nitrogens with one attached hydrogen (secondary N) is 1. The highest BCUT2D eigenvalue weighted by Gasteiger charge is 2.56. The van der Waals surface area contributed by atoms with Crippen molar-refractivity contribution in [2.45, 2.75) is 29.7 Å². The number of thioether (sulfide) groups is 1. The number of fused-ring (bicyclic) bond motifs is 2. The summed E-state index contributed by atoms with van der Waals surface area (Å²) in [6.07, 6.45) is 0. The number of imide groups is 1. The smallest absolute Gasteiger partial charge is 0.308 e. The SMILES string of the molecule is Cc1ccc(NC(=O)Cn2c3c(sc2=O)C(c2ccccc2)C2C(=O)N(c4ccc([N+](=O)[O-])cc4)C(=O)C2S3)cc1. The summed E-state index contributed by atoms with van der Waals surface area (Å²) in [7, 11) is 0. The lowest BCUT2D eigenvalue weighted by Crippen LogP contribution is -2.33. The van der Waals surface area contributed by atoms with Gasteiger partial charge in [0.2, 0.25) is 17.7 Å². The van der Waals surface area contributed by atoms with Gasteiger partial charge < -0.3 is 5.32 Å². The van der Waals surface area contributed by atoms with E-state index in [1.54, 1.807) is 12.1 Å². The van der Waals surface area contributed by atoms with Crippen molar-refractivity contribution in [2.24, 2.45) is 5.92 Å². The fraction of sp³-hybridized carbons (Fsp3) is 0.172. The number of nitro groups is 1. The molecule has 206 valence electrons. The Balaban J connectivity index is 1.38. The van der Waals surface area contributed by atoms with Crippen LogP contribution in [0.15, 0.2) is 88.7 Å². The fourth-order valence-electron chi connectivity index (χ4n) is 5.23. The van der Waals surface area contributed by atoms with Crippen LogP contribution < -0.4 is 15.1 Å². The number of aryl methyl sites for hydroxylation is 1. The topological polar surface area (TPSA) is 132 Å². The lowest BCUT2D eigenvalue weighted by molar-refractivity contribution is -0.384. The molecule has 3 aromatic carbocycles. The number of thiazole rings is 1. The number of carbonyl (C=O) groups excluding carboxylic acids is 3. The fourth-order valence-corrected chi connectivity index (χ4v) is 8.01. The van der Waals surface area contributed by atoms with E-state index >= 15 is 0 Å². The Labute approximate surface area is 241 Å². The van der Waals surface area contributed by atoms with Crippen LogP contribution in [-0.2, 0) is 20.9 Å². The van der Waals surface area contributed by atoms with Crippen molar-refractivity contribution >= 4 is 57.9 Å². The van der Waals surface area contributed by atoms with Gasteiger partial charge in [-0.15, -0.1) is 0 Å². The third-order valence-electron chi connectivity index (χ3n) is 7.16. The lowest BCUT2D eigenvalue weighted by atomic mass is 9.83. The van der Waals surface area contributed by atoms with Crippen molar-refractivity contribution in [1.29, 1.82) is 0 Å². The van der Waals surface area contributed by atoms with Crippen molar-refractivity contribution in [3.05, 3.63) is 115 Å². The molecule has 1 aromatic heterocycles. The summed E-state index contributed by atoms with van der Waals surface area (Å²) in [5.74, 6) is -2.69. The van der Waals surface area contributed by atoms with Gasteiger partial charge in [0.25, 0.3) is 5.69 Å². The average Bonchev–Trinajstić information content (AvgIpc) is 3.40. The number of hydrogen-bond acceptors (Lipinski definition) is 8. The number of non-ortho nitro benzene ring substituents is 1. The number of hydrogen-bond donors (Lipinski definition) is 1. The van der Waals surface area contributed by atoms with Crippen molar-refractivity contribution < 1.29 is 19.3 Å². The molecule has 1 N–H and O–H groups in total. The van der Waals surface area contributed by atoms with Gasteiger partial charge in [0.1, 0.15) is 11.8 Å². The van der Waals surface area contributed by atoms with Gasteiger partial charge in [0.05, 0.1) is 21.6 Å². The molecule has 41 heavy (non-hydrogen) atoms. The quantitative estimate of drug-likeness (QED) is 0.199. The van der Waals surface area contributed by atoms with Gasteiger partial charge in [-0.25, -0.2) is 4.90 Å². The van der Waals surface area contributed by atoms with Gasteiger partial charge in [-0.1, -0.05) is 71.1 Å². The van der Waals surface area contributed by atoms with Crippen LogP contribution in [0.1, 0.15) is 21.9 Å². The maximum atomic E-state index is 13.9. The first-order chi connectivity index (χ1) is 19.7. The third kappa shape index (κ3) is 4.74. The van der Waals surface area contributed by atoms with E-state index in [-0.39, 0.29) is 22.8 Å². The maximum absolute atomic E-state index is 13.9. The first-order valence-electron chi connectivity index (χ1n) is 12.7. The van der Waals surface area contributed by atoms with Gasteiger partial charge in [-0.3, -0.25) is 33.9 Å². The Bertz CT molecular complexity index is 1750. The Morgan fingerprint density at radius 1 is 0.951 bits per heavy atom. The molecule has 12 heteroatoms. The Kier molecular flexibility index (Phi) is 6.80. The normalized spacial score (nSPS) is 19.5. The molecule has 3 atom stereocenters. The number of benzene rings is 3. The number of nitro benzene ring substituents is 1. The molecule has 4 aromatic rings. The summed E-state index contributed by atoms with van der Waals surface area (Å²) >= 11 is 2.09. The molecule has 3 unspecified atom stereocenters. The van der Waals surface area contributed by atoms with Crippen molar-refractivity contribution in [3.63, 3.8) is 0 Å². The summed E-state index contributed by atoms with van der Waals surface area (Å²) in [5.41, 5.74) is 2.50. The van der Waals surface area contributed by atoms with E-state index in [0.717, 1.165) is 39.1 Å². The second-order valence-corrected chi connectivity index (χ2v) is 11.9. The summed E-state index contributed by atoms with van der Waals surface area (Å²) in [5, 5.41) is 13.6. The van der Waals surface area contributed by atoms with E-state index in [2.05, 4.69) is 5.32 Å². The standard InChI is InChI=1S/C29H22N4O6S2/c1-16-7-9-18(10-8-16)30-21(34)15-31-28-25(41-29(31)37)22(17-5-3-2-4-6-17)23-24(40-28)27(36)32(26(23)35)19-11-13-20(14-12-19)33(38)39/h2-14,22-24H,15H2,1H3,(H,30,34). The highest BCUT2D eigenvalue weighted by molar-refractivity contribution is 8.00. The van der Waals surface area contributed by atoms with E-state index in [9.17, 15) is 29.3 Å². The minimum absolute atomic E-state index is 0.156. The summed E-state index contributed by atoms with van der Waals surface area (Å²) in [6.45, 7) is 1.69. The molecule has 10 nitrogen and oxygen atoms in total. The Morgan fingerprint density at radius 3 is 2.29 bits per heavy atom. The zero-order chi connectivity index (χ0) is 28.8. The Morgan fingerprint density at radius 2 is 1.63 bits per heavy atom. The maximum Gasteiger partial charge on any atom is 0.308 e. The second kappa shape index (κ2) is 10.5. The van der Waals surface area contributed by atoms with E-state index in [4.69, 9.17) is 0 Å². The number of carbonyl (C=O) groups is 3. The number of anilines is 2. The van der Waals surface area contributed by atoms with Crippen LogP contribution in [0, 0.1) is 23.0 Å². The van der Waals surface area contributed by atoms with Crippen LogP contribution in [0.5, 0.6) is 0 Å². The van der Waals surface area contributed by atoms with Crippen LogP contribution >= 0.6 is 23.1 Å². The van der Waals surface area contributed by atoms with Crippen LogP contribution in [0.2, 0.25) is 0 Å². The molecule has 0 radical (unpaired) electrons. The van der Waals surface area contributed by atoms with Crippen LogP contribution in [0.3, 0.4) is 0 Å². The zero-order valence-electron chi connectivity index (χ0n) is 21.6. The summed E-state index contributed by atoms with van der Waals surface area (Å²) < 4.78 is 1.37. The molecular formula is C29H22N4O6S2. The predicted molar refractivity (Wildman–Crippen MR) is 155 cm³/mol. The van der Waals surface area contributed by atoms with Crippen LogP contribution in [0.25, 0.3) is 0 Å². The van der Waals surface area contributed by atoms with Crippen molar-refractivity contribution in [2.75, 3.05) is 10.2 Å². The molecule has 0 bridgehead atoms. The molecular weight excluding hydrogens is 564 g/mol. The second-order valence-electron chi connectivity index (χ2n) is 9.78. The number of nitrogens with zero attached hydrogens (tertiary/aromatic N) is 3. The minimum Gasteiger partial charge on any atom is -0.325 e. The molecule has 3 amide bonds. The van der Waals surface area contributed by atoms with Crippen molar-refractivity contribution in [1.82, 2.24) is 4.57 Å². The Hall–Kier alpha value is -4.55. The summed E-state index contributed by atoms with van der Waals surface area (Å²) in [6, 6.07) is 21.8. The van der Waals surface area contributed by atoms with Gasteiger partial charge >= 0.3 is 4.87 Å². The highest BCUT2D eigenvalue weighted by atomic mass is 32.2. The number of rotatable bonds is 6.